The largest absolute Gasteiger partial charge is 0.507 e. The van der Waals surface area contributed by atoms with Crippen LogP contribution in [0.2, 0.25) is 0 Å². The number of aliphatic hydroxyl groups excluding tert-OH is 1. The molecule has 6 rings (SSSR count). The molecule has 0 radical (unpaired) electrons. The highest BCUT2D eigenvalue weighted by Gasteiger charge is 2.29. The average Bonchev–Trinajstić information content (AvgIpc) is 3.21. The van der Waals surface area contributed by atoms with Crippen LogP contribution in [0.5, 0.6) is 0 Å². The van der Waals surface area contributed by atoms with Gasteiger partial charge in [0.15, 0.2) is 17.9 Å². The van der Waals surface area contributed by atoms with Gasteiger partial charge in [0.2, 0.25) is 0 Å². The number of carbonyl (C=O) groups is 3. The zero-order valence-corrected chi connectivity index (χ0v) is 23.6. The summed E-state index contributed by atoms with van der Waals surface area (Å²) in [5.74, 6) is -0.401. The first-order valence-corrected chi connectivity index (χ1v) is 14.0. The van der Waals surface area contributed by atoms with Crippen LogP contribution in [-0.4, -0.2) is 23.0 Å². The first-order chi connectivity index (χ1) is 20.2. The molecular formula is C38H30O4. The molecule has 0 unspecified atom stereocenters. The topological polar surface area (TPSA) is 71.4 Å². The molecule has 4 aromatic carbocycles. The number of carbonyl (C=O) groups excluding carboxylic acids is 3. The Morgan fingerprint density at radius 1 is 0.833 bits per heavy atom. The molecule has 1 N–H and O–H groups in total. The van der Waals surface area contributed by atoms with Crippen LogP contribution in [0.3, 0.4) is 0 Å². The molecule has 4 aromatic rings. The second kappa shape index (κ2) is 10.7. The van der Waals surface area contributed by atoms with E-state index in [2.05, 4.69) is 19.9 Å². The molecule has 0 aromatic heterocycles. The van der Waals surface area contributed by atoms with Crippen molar-refractivity contribution < 1.29 is 19.5 Å². The maximum Gasteiger partial charge on any atom is 0.197 e. The van der Waals surface area contributed by atoms with E-state index in [4.69, 9.17) is 0 Å². The van der Waals surface area contributed by atoms with Crippen molar-refractivity contribution in [1.82, 2.24) is 0 Å². The van der Waals surface area contributed by atoms with E-state index in [0.717, 1.165) is 51.8 Å². The zero-order valence-electron chi connectivity index (χ0n) is 23.6. The molecule has 0 atom stereocenters. The van der Waals surface area contributed by atoms with E-state index < -0.39 is 0 Å². The predicted molar refractivity (Wildman–Crippen MR) is 169 cm³/mol. The number of aldehydes is 1. The van der Waals surface area contributed by atoms with Gasteiger partial charge in [0, 0.05) is 22.3 Å². The number of fused-ring (bicyclic) bond motifs is 3. The Balaban J connectivity index is 1.25. The molecule has 0 saturated heterocycles. The Hall–Kier alpha value is -5.09. The highest BCUT2D eigenvalue weighted by atomic mass is 16.3. The minimum absolute atomic E-state index is 0.00766. The molecule has 42 heavy (non-hydrogen) atoms. The number of allylic oxidation sites excluding steroid dienone is 9. The van der Waals surface area contributed by atoms with E-state index in [-0.39, 0.29) is 22.7 Å². The van der Waals surface area contributed by atoms with Crippen LogP contribution in [-0.2, 0) is 0 Å². The molecule has 0 saturated carbocycles. The SMILES string of the molecule is CC1(C)CC(/C=C/C2=C(O)c3cc4ccccc4cc3C2=O)=CC(=C/C=C\C(=O)c2cc3ccccc3cc2C=O)/C1. The average molecular weight is 551 g/mol. The van der Waals surface area contributed by atoms with Gasteiger partial charge in [-0.25, -0.2) is 0 Å². The number of Topliss-reactive ketones (excluding diaryl/α,β-unsaturated/α-hetero) is 1. The standard InChI is InChI=1S/C38H30O4/c1-38(2)21-24(8-7-13-35(40)32-18-27-10-4-3-9-26(27)17-30(32)23-39)16-25(22-38)14-15-31-36(41)33-19-28-11-5-6-12-29(28)20-34(33)37(31)42/h3-20,23,41H,21-22H2,1-2H3/b13-7-,15-14+,24-8-. The molecule has 4 heteroatoms. The quantitative estimate of drug-likeness (QED) is 0.148. The van der Waals surface area contributed by atoms with E-state index >= 15 is 0 Å². The van der Waals surface area contributed by atoms with Crippen LogP contribution < -0.4 is 0 Å². The van der Waals surface area contributed by atoms with Crippen molar-refractivity contribution in [2.75, 3.05) is 0 Å². The second-order valence-electron chi connectivity index (χ2n) is 11.8. The number of rotatable bonds is 6. The summed E-state index contributed by atoms with van der Waals surface area (Å²) in [5.41, 5.74) is 4.18. The predicted octanol–water partition coefficient (Wildman–Crippen LogP) is 8.94. The van der Waals surface area contributed by atoms with E-state index in [0.29, 0.717) is 27.8 Å². The van der Waals surface area contributed by atoms with Gasteiger partial charge in [-0.05, 0) is 87.4 Å². The fourth-order valence-corrected chi connectivity index (χ4v) is 6.01. The lowest BCUT2D eigenvalue weighted by Crippen LogP contribution is -2.16. The van der Waals surface area contributed by atoms with Crippen LogP contribution in [0.15, 0.2) is 126 Å². The third-order valence-electron chi connectivity index (χ3n) is 7.95. The Morgan fingerprint density at radius 2 is 1.45 bits per heavy atom. The first kappa shape index (κ1) is 27.1. The van der Waals surface area contributed by atoms with Gasteiger partial charge in [-0.15, -0.1) is 0 Å². The Labute approximate surface area is 244 Å². The van der Waals surface area contributed by atoms with Gasteiger partial charge < -0.3 is 5.11 Å². The smallest absolute Gasteiger partial charge is 0.197 e. The van der Waals surface area contributed by atoms with Crippen molar-refractivity contribution in [3.05, 3.63) is 148 Å². The molecule has 2 aliphatic rings. The Morgan fingerprint density at radius 3 is 2.12 bits per heavy atom. The summed E-state index contributed by atoms with van der Waals surface area (Å²) < 4.78 is 0. The molecule has 0 fully saturated rings. The third kappa shape index (κ3) is 5.19. The van der Waals surface area contributed by atoms with Crippen molar-refractivity contribution >= 4 is 45.2 Å². The lowest BCUT2D eigenvalue weighted by molar-refractivity contribution is 0.103. The lowest BCUT2D eigenvalue weighted by Gasteiger charge is -2.30. The number of ketones is 2. The zero-order chi connectivity index (χ0) is 29.4. The molecule has 0 spiro atoms. The van der Waals surface area contributed by atoms with Crippen molar-refractivity contribution in [2.24, 2.45) is 5.41 Å². The summed E-state index contributed by atoms with van der Waals surface area (Å²) in [7, 11) is 0. The molecule has 2 aliphatic carbocycles. The molecule has 0 aliphatic heterocycles. The van der Waals surface area contributed by atoms with Crippen molar-refractivity contribution in [2.45, 2.75) is 26.7 Å². The van der Waals surface area contributed by atoms with Gasteiger partial charge in [0.1, 0.15) is 5.76 Å². The molecule has 206 valence electrons. The monoisotopic (exact) mass is 550 g/mol. The van der Waals surface area contributed by atoms with Gasteiger partial charge in [-0.3, -0.25) is 14.4 Å². The Bertz CT molecular complexity index is 1960. The van der Waals surface area contributed by atoms with Crippen LogP contribution in [0, 0.1) is 5.41 Å². The van der Waals surface area contributed by atoms with E-state index in [1.807, 2.05) is 72.8 Å². The van der Waals surface area contributed by atoms with Gasteiger partial charge in [-0.2, -0.15) is 0 Å². The van der Waals surface area contributed by atoms with Gasteiger partial charge in [0.25, 0.3) is 0 Å². The summed E-state index contributed by atoms with van der Waals surface area (Å²) >= 11 is 0. The number of hydrogen-bond donors (Lipinski definition) is 1. The molecule has 4 nitrogen and oxygen atoms in total. The number of benzene rings is 4. The minimum Gasteiger partial charge on any atom is -0.507 e. The van der Waals surface area contributed by atoms with Crippen LogP contribution in [0.25, 0.3) is 27.3 Å². The number of aliphatic hydroxyl groups is 1. The molecule has 0 bridgehead atoms. The van der Waals surface area contributed by atoms with Gasteiger partial charge >= 0.3 is 0 Å². The Kier molecular flexibility index (Phi) is 6.91. The maximum atomic E-state index is 13.2. The van der Waals surface area contributed by atoms with Crippen LogP contribution in [0.4, 0.5) is 0 Å². The van der Waals surface area contributed by atoms with E-state index in [1.165, 1.54) is 6.08 Å². The minimum atomic E-state index is -0.228. The lowest BCUT2D eigenvalue weighted by atomic mass is 9.75. The van der Waals surface area contributed by atoms with Crippen molar-refractivity contribution in [3.8, 4) is 0 Å². The molecular weight excluding hydrogens is 520 g/mol. The van der Waals surface area contributed by atoms with Crippen LogP contribution >= 0.6 is 0 Å². The summed E-state index contributed by atoms with van der Waals surface area (Å²) in [5, 5.41) is 14.7. The highest BCUT2D eigenvalue weighted by Crippen LogP contribution is 2.40. The summed E-state index contributed by atoms with van der Waals surface area (Å²) in [6.45, 7) is 4.36. The first-order valence-electron chi connectivity index (χ1n) is 14.0. The summed E-state index contributed by atoms with van der Waals surface area (Å²) in [6, 6.07) is 22.7. The fraction of sp³-hybridized carbons (Fsp3) is 0.132. The van der Waals surface area contributed by atoms with E-state index in [1.54, 1.807) is 24.3 Å². The summed E-state index contributed by atoms with van der Waals surface area (Å²) in [6.07, 6.45) is 13.2. The normalized spacial score (nSPS) is 17.5. The van der Waals surface area contributed by atoms with Crippen LogP contribution in [0.1, 0.15) is 63.3 Å². The summed E-state index contributed by atoms with van der Waals surface area (Å²) in [4.78, 5) is 37.9. The molecule has 0 amide bonds. The third-order valence-corrected chi connectivity index (χ3v) is 7.95. The fourth-order valence-electron chi connectivity index (χ4n) is 6.01. The van der Waals surface area contributed by atoms with E-state index in [9.17, 15) is 19.5 Å². The van der Waals surface area contributed by atoms with Gasteiger partial charge in [0.05, 0.1) is 5.57 Å². The molecule has 0 heterocycles. The second-order valence-corrected chi connectivity index (χ2v) is 11.8. The maximum absolute atomic E-state index is 13.2. The van der Waals surface area contributed by atoms with Crippen molar-refractivity contribution in [3.63, 3.8) is 0 Å². The number of hydrogen-bond acceptors (Lipinski definition) is 4. The highest BCUT2D eigenvalue weighted by molar-refractivity contribution is 6.22. The van der Waals surface area contributed by atoms with Gasteiger partial charge in [-0.1, -0.05) is 86.7 Å². The van der Waals surface area contributed by atoms with Crippen molar-refractivity contribution in [1.29, 1.82) is 0 Å².